The highest BCUT2D eigenvalue weighted by atomic mass is 35.5. The van der Waals surface area contributed by atoms with Crippen LogP contribution in [0.4, 0.5) is 8.78 Å². The van der Waals surface area contributed by atoms with E-state index in [1.807, 2.05) is 4.90 Å². The number of alkyl halides is 2. The number of carbonyl (C=O) groups excluding carboxylic acids is 1. The van der Waals surface area contributed by atoms with Gasteiger partial charge < -0.3 is 10.2 Å². The normalized spacial score (nSPS) is 30.1. The molecule has 128 valence electrons. The van der Waals surface area contributed by atoms with Gasteiger partial charge in [0.05, 0.1) is 6.04 Å². The number of carbonyl (C=O) groups is 1. The Morgan fingerprint density at radius 2 is 1.68 bits per heavy atom. The highest BCUT2D eigenvalue weighted by molar-refractivity contribution is 5.85. The molecule has 4 nitrogen and oxygen atoms in total. The Morgan fingerprint density at radius 3 is 2.23 bits per heavy atom. The van der Waals surface area contributed by atoms with Gasteiger partial charge in [0, 0.05) is 45.1 Å². The summed E-state index contributed by atoms with van der Waals surface area (Å²) in [6.07, 6.45) is 3.23. The zero-order valence-corrected chi connectivity index (χ0v) is 13.7. The summed E-state index contributed by atoms with van der Waals surface area (Å²) in [6.45, 7) is 4.07. The number of nitrogens with zero attached hydrogens (tertiary/aromatic N) is 2. The SMILES string of the molecule is Cl.O=C([C@@H]1CCCN1)N1CCN(C2CCC(F)(F)CC2)CC1. The molecule has 7 heteroatoms. The summed E-state index contributed by atoms with van der Waals surface area (Å²) in [4.78, 5) is 16.6. The predicted octanol–water partition coefficient (Wildman–Crippen LogP) is 1.88. The quantitative estimate of drug-likeness (QED) is 0.835. The summed E-state index contributed by atoms with van der Waals surface area (Å²) >= 11 is 0. The summed E-state index contributed by atoms with van der Waals surface area (Å²) in [5, 5.41) is 3.25. The number of hydrogen-bond donors (Lipinski definition) is 1. The first-order valence-electron chi connectivity index (χ1n) is 8.19. The molecule has 1 atom stereocenters. The second-order valence-electron chi connectivity index (χ2n) is 6.60. The lowest BCUT2D eigenvalue weighted by Gasteiger charge is -2.42. The zero-order valence-electron chi connectivity index (χ0n) is 12.9. The Balaban J connectivity index is 0.00000176. The summed E-state index contributed by atoms with van der Waals surface area (Å²) in [6, 6.07) is 0.288. The average Bonchev–Trinajstić information content (AvgIpc) is 3.01. The van der Waals surface area contributed by atoms with Crippen LogP contribution in [0.15, 0.2) is 0 Å². The molecular weight excluding hydrogens is 312 g/mol. The molecule has 1 aliphatic carbocycles. The van der Waals surface area contributed by atoms with Crippen LogP contribution in [0.2, 0.25) is 0 Å². The van der Waals surface area contributed by atoms with E-state index in [0.717, 1.165) is 45.6 Å². The van der Waals surface area contributed by atoms with Gasteiger partial charge in [0.1, 0.15) is 0 Å². The molecule has 3 fully saturated rings. The molecule has 0 aromatic carbocycles. The van der Waals surface area contributed by atoms with Crippen molar-refractivity contribution in [1.29, 1.82) is 0 Å². The fourth-order valence-corrected chi connectivity index (χ4v) is 3.81. The van der Waals surface area contributed by atoms with Crippen LogP contribution in [0.25, 0.3) is 0 Å². The lowest BCUT2D eigenvalue weighted by Crippen LogP contribution is -2.55. The Hall–Kier alpha value is -0.460. The van der Waals surface area contributed by atoms with Crippen molar-refractivity contribution >= 4 is 18.3 Å². The smallest absolute Gasteiger partial charge is 0.248 e. The molecule has 0 bridgehead atoms. The van der Waals surface area contributed by atoms with Crippen molar-refractivity contribution in [3.8, 4) is 0 Å². The molecule has 1 saturated carbocycles. The molecule has 2 aliphatic heterocycles. The van der Waals surface area contributed by atoms with Gasteiger partial charge in [-0.05, 0) is 32.2 Å². The minimum absolute atomic E-state index is 0. The lowest BCUT2D eigenvalue weighted by molar-refractivity contribution is -0.135. The lowest BCUT2D eigenvalue weighted by atomic mass is 9.91. The van der Waals surface area contributed by atoms with Gasteiger partial charge in [0.2, 0.25) is 11.8 Å². The molecule has 0 aromatic rings. The fourth-order valence-electron chi connectivity index (χ4n) is 3.81. The third kappa shape index (κ3) is 4.09. The number of rotatable bonds is 2. The molecule has 2 heterocycles. The van der Waals surface area contributed by atoms with E-state index in [1.165, 1.54) is 0 Å². The van der Waals surface area contributed by atoms with E-state index >= 15 is 0 Å². The molecule has 2 saturated heterocycles. The predicted molar refractivity (Wildman–Crippen MR) is 83.6 cm³/mol. The van der Waals surface area contributed by atoms with E-state index in [1.54, 1.807) is 0 Å². The number of piperazine rings is 1. The fraction of sp³-hybridized carbons (Fsp3) is 0.933. The van der Waals surface area contributed by atoms with Crippen LogP contribution < -0.4 is 5.32 Å². The zero-order chi connectivity index (χ0) is 14.9. The summed E-state index contributed by atoms with van der Waals surface area (Å²) in [7, 11) is 0. The van der Waals surface area contributed by atoms with Crippen molar-refractivity contribution in [3.63, 3.8) is 0 Å². The van der Waals surface area contributed by atoms with Gasteiger partial charge in [-0.15, -0.1) is 12.4 Å². The van der Waals surface area contributed by atoms with Crippen LogP contribution in [0.1, 0.15) is 38.5 Å². The second-order valence-corrected chi connectivity index (χ2v) is 6.60. The van der Waals surface area contributed by atoms with Crippen molar-refractivity contribution < 1.29 is 13.6 Å². The van der Waals surface area contributed by atoms with E-state index in [0.29, 0.717) is 12.8 Å². The summed E-state index contributed by atoms with van der Waals surface area (Å²) in [5.74, 6) is -2.23. The third-order valence-electron chi connectivity index (χ3n) is 5.19. The summed E-state index contributed by atoms with van der Waals surface area (Å²) in [5.41, 5.74) is 0. The molecule has 0 radical (unpaired) electrons. The van der Waals surface area contributed by atoms with E-state index < -0.39 is 5.92 Å². The van der Waals surface area contributed by atoms with Gasteiger partial charge in [0.15, 0.2) is 0 Å². The maximum absolute atomic E-state index is 13.2. The van der Waals surface area contributed by atoms with E-state index in [2.05, 4.69) is 10.2 Å². The number of halogens is 3. The molecule has 3 aliphatic rings. The van der Waals surface area contributed by atoms with Crippen molar-refractivity contribution in [3.05, 3.63) is 0 Å². The minimum atomic E-state index is -2.46. The van der Waals surface area contributed by atoms with Crippen molar-refractivity contribution in [2.75, 3.05) is 32.7 Å². The monoisotopic (exact) mass is 337 g/mol. The van der Waals surface area contributed by atoms with Crippen LogP contribution in [-0.2, 0) is 4.79 Å². The Kier molecular flexibility index (Phi) is 6.02. The van der Waals surface area contributed by atoms with Gasteiger partial charge in [-0.25, -0.2) is 8.78 Å². The molecule has 1 amide bonds. The van der Waals surface area contributed by atoms with Crippen LogP contribution in [-0.4, -0.2) is 66.4 Å². The van der Waals surface area contributed by atoms with Crippen LogP contribution in [0, 0.1) is 0 Å². The highest BCUT2D eigenvalue weighted by Crippen LogP contribution is 2.35. The van der Waals surface area contributed by atoms with Crippen molar-refractivity contribution in [2.24, 2.45) is 0 Å². The van der Waals surface area contributed by atoms with Gasteiger partial charge in [-0.2, -0.15) is 0 Å². The van der Waals surface area contributed by atoms with E-state index in [-0.39, 0.29) is 43.2 Å². The number of amides is 1. The number of nitrogens with one attached hydrogen (secondary N) is 1. The second kappa shape index (κ2) is 7.41. The molecule has 0 unspecified atom stereocenters. The standard InChI is InChI=1S/C15H25F2N3O.ClH/c16-15(17)5-3-12(4-6-15)19-8-10-20(11-9-19)14(21)13-2-1-7-18-13;/h12-13,18H,1-11H2;1H/t13-;/m0./s1. The number of hydrogen-bond acceptors (Lipinski definition) is 3. The molecule has 3 rings (SSSR count). The molecular formula is C15H26ClF2N3O. The highest BCUT2D eigenvalue weighted by Gasteiger charge is 2.38. The first-order valence-corrected chi connectivity index (χ1v) is 8.19. The molecule has 22 heavy (non-hydrogen) atoms. The third-order valence-corrected chi connectivity index (χ3v) is 5.19. The molecule has 1 N–H and O–H groups in total. The largest absolute Gasteiger partial charge is 0.339 e. The van der Waals surface area contributed by atoms with Gasteiger partial charge in [-0.3, -0.25) is 9.69 Å². The van der Waals surface area contributed by atoms with Crippen LogP contribution in [0.5, 0.6) is 0 Å². The van der Waals surface area contributed by atoms with E-state index in [9.17, 15) is 13.6 Å². The Morgan fingerprint density at radius 1 is 1.05 bits per heavy atom. The Bertz CT molecular complexity index is 373. The van der Waals surface area contributed by atoms with Gasteiger partial charge in [-0.1, -0.05) is 0 Å². The van der Waals surface area contributed by atoms with Crippen LogP contribution >= 0.6 is 12.4 Å². The minimum Gasteiger partial charge on any atom is -0.339 e. The average molecular weight is 338 g/mol. The Labute approximate surface area is 137 Å². The molecule has 0 spiro atoms. The topological polar surface area (TPSA) is 35.6 Å². The van der Waals surface area contributed by atoms with Crippen molar-refractivity contribution in [1.82, 2.24) is 15.1 Å². The van der Waals surface area contributed by atoms with Crippen LogP contribution in [0.3, 0.4) is 0 Å². The van der Waals surface area contributed by atoms with Crippen molar-refractivity contribution in [2.45, 2.75) is 56.5 Å². The first-order chi connectivity index (χ1) is 10.1. The first kappa shape index (κ1) is 17.9. The molecule has 0 aromatic heterocycles. The maximum Gasteiger partial charge on any atom is 0.248 e. The maximum atomic E-state index is 13.2. The summed E-state index contributed by atoms with van der Waals surface area (Å²) < 4.78 is 26.4. The van der Waals surface area contributed by atoms with E-state index in [4.69, 9.17) is 0 Å². The van der Waals surface area contributed by atoms with Gasteiger partial charge in [0.25, 0.3) is 0 Å². The van der Waals surface area contributed by atoms with Gasteiger partial charge >= 0.3 is 0 Å².